The molecule has 1 atom stereocenters. The molecule has 0 fully saturated rings. The summed E-state index contributed by atoms with van der Waals surface area (Å²) in [5.74, 6) is -0.276. The lowest BCUT2D eigenvalue weighted by Gasteiger charge is -2.13. The lowest BCUT2D eigenvalue weighted by molar-refractivity contribution is 0.599. The van der Waals surface area contributed by atoms with Crippen molar-refractivity contribution in [1.29, 1.82) is 0 Å². The van der Waals surface area contributed by atoms with Crippen molar-refractivity contribution in [2.45, 2.75) is 13.0 Å². The van der Waals surface area contributed by atoms with Gasteiger partial charge in [-0.1, -0.05) is 15.9 Å². The summed E-state index contributed by atoms with van der Waals surface area (Å²) in [5.41, 5.74) is 7.59. The topological polar surface area (TPSA) is 26.0 Å². The Bertz CT molecular complexity index is 553. The first kappa shape index (κ1) is 13.2. The molecule has 5 heteroatoms. The van der Waals surface area contributed by atoms with Crippen LogP contribution in [0.4, 0.5) is 4.39 Å². The SMILES string of the molecule is Cc1sc(Br)cc1C(N)c1cc(Br)ccc1F. The molecule has 17 heavy (non-hydrogen) atoms. The molecule has 1 aromatic heterocycles. The molecular weight excluding hydrogens is 369 g/mol. The van der Waals surface area contributed by atoms with Crippen molar-refractivity contribution in [3.63, 3.8) is 0 Å². The number of halogens is 3. The fraction of sp³-hybridized carbons (Fsp3) is 0.167. The summed E-state index contributed by atoms with van der Waals surface area (Å²) in [4.78, 5) is 1.10. The van der Waals surface area contributed by atoms with Gasteiger partial charge in [0.25, 0.3) is 0 Å². The maximum absolute atomic E-state index is 13.7. The Balaban J connectivity index is 2.46. The Morgan fingerprint density at radius 1 is 1.24 bits per heavy atom. The van der Waals surface area contributed by atoms with E-state index in [1.807, 2.05) is 13.0 Å². The molecule has 0 amide bonds. The normalized spacial score (nSPS) is 12.8. The number of benzene rings is 1. The second-order valence-electron chi connectivity index (χ2n) is 3.71. The third-order valence-electron chi connectivity index (χ3n) is 2.55. The van der Waals surface area contributed by atoms with Crippen LogP contribution in [0.15, 0.2) is 32.5 Å². The molecule has 0 bridgehead atoms. The first-order chi connectivity index (χ1) is 7.99. The number of hydrogen-bond donors (Lipinski definition) is 1. The van der Waals surface area contributed by atoms with Crippen molar-refractivity contribution >= 4 is 43.2 Å². The fourth-order valence-corrected chi connectivity index (χ4v) is 3.82. The largest absolute Gasteiger partial charge is 0.320 e. The molecule has 2 rings (SSSR count). The second kappa shape index (κ2) is 5.18. The van der Waals surface area contributed by atoms with Crippen LogP contribution < -0.4 is 5.73 Å². The molecule has 1 unspecified atom stereocenters. The van der Waals surface area contributed by atoms with Crippen molar-refractivity contribution < 1.29 is 4.39 Å². The minimum absolute atomic E-state index is 0.276. The van der Waals surface area contributed by atoms with Crippen molar-refractivity contribution in [3.8, 4) is 0 Å². The van der Waals surface area contributed by atoms with Crippen LogP contribution in [0.3, 0.4) is 0 Å². The zero-order valence-corrected chi connectivity index (χ0v) is 13.0. The highest BCUT2D eigenvalue weighted by atomic mass is 79.9. The summed E-state index contributed by atoms with van der Waals surface area (Å²) in [6, 6.07) is 6.34. The van der Waals surface area contributed by atoms with Gasteiger partial charge in [0.15, 0.2) is 0 Å². The quantitative estimate of drug-likeness (QED) is 0.800. The van der Waals surface area contributed by atoms with Crippen molar-refractivity contribution in [2.24, 2.45) is 5.73 Å². The highest BCUT2D eigenvalue weighted by Gasteiger charge is 2.17. The van der Waals surface area contributed by atoms with E-state index < -0.39 is 6.04 Å². The maximum atomic E-state index is 13.7. The molecule has 2 N–H and O–H groups in total. The van der Waals surface area contributed by atoms with E-state index in [0.29, 0.717) is 5.56 Å². The standard InChI is InChI=1S/C12H10Br2FNS/c1-6-8(5-11(14)17-6)12(16)9-4-7(13)2-3-10(9)15/h2-5,12H,16H2,1H3. The summed E-state index contributed by atoms with van der Waals surface area (Å²) in [5, 5.41) is 0. The highest BCUT2D eigenvalue weighted by Crippen LogP contribution is 2.33. The Labute approximate surface area is 120 Å². The number of aryl methyl sites for hydroxylation is 1. The summed E-state index contributed by atoms with van der Waals surface area (Å²) >= 11 is 8.35. The van der Waals surface area contributed by atoms with Crippen LogP contribution in [-0.4, -0.2) is 0 Å². The zero-order chi connectivity index (χ0) is 12.6. The van der Waals surface area contributed by atoms with E-state index >= 15 is 0 Å². The van der Waals surface area contributed by atoms with Gasteiger partial charge in [-0.3, -0.25) is 0 Å². The van der Waals surface area contributed by atoms with Crippen LogP contribution in [0.25, 0.3) is 0 Å². The minimum atomic E-state index is -0.435. The molecule has 1 aromatic carbocycles. The lowest BCUT2D eigenvalue weighted by Crippen LogP contribution is -2.13. The molecule has 0 spiro atoms. The number of nitrogens with two attached hydrogens (primary N) is 1. The Morgan fingerprint density at radius 3 is 2.53 bits per heavy atom. The molecule has 0 radical (unpaired) electrons. The van der Waals surface area contributed by atoms with E-state index in [9.17, 15) is 4.39 Å². The number of rotatable bonds is 2. The molecule has 0 aliphatic heterocycles. The minimum Gasteiger partial charge on any atom is -0.320 e. The molecule has 1 nitrogen and oxygen atoms in total. The van der Waals surface area contributed by atoms with Crippen LogP contribution in [-0.2, 0) is 0 Å². The van der Waals surface area contributed by atoms with Gasteiger partial charge in [0.05, 0.1) is 9.83 Å². The van der Waals surface area contributed by atoms with Crippen LogP contribution in [0, 0.1) is 12.7 Å². The molecule has 2 aromatic rings. The molecular formula is C12H10Br2FNS. The summed E-state index contributed by atoms with van der Waals surface area (Å²) in [7, 11) is 0. The van der Waals surface area contributed by atoms with Gasteiger partial charge in [-0.2, -0.15) is 0 Å². The fourth-order valence-electron chi connectivity index (χ4n) is 1.69. The number of hydrogen-bond acceptors (Lipinski definition) is 2. The van der Waals surface area contributed by atoms with Crippen molar-refractivity contribution in [2.75, 3.05) is 0 Å². The smallest absolute Gasteiger partial charge is 0.128 e. The van der Waals surface area contributed by atoms with Crippen molar-refractivity contribution in [3.05, 3.63) is 54.3 Å². The van der Waals surface area contributed by atoms with Crippen LogP contribution in [0.1, 0.15) is 22.0 Å². The van der Waals surface area contributed by atoms with Gasteiger partial charge in [0, 0.05) is 14.9 Å². The van der Waals surface area contributed by atoms with Gasteiger partial charge >= 0.3 is 0 Å². The second-order valence-corrected chi connectivity index (χ2v) is 7.26. The van der Waals surface area contributed by atoms with E-state index in [1.54, 1.807) is 23.5 Å². The number of thiophene rings is 1. The van der Waals surface area contributed by atoms with Gasteiger partial charge in [0.1, 0.15) is 5.82 Å². The molecule has 0 saturated carbocycles. The van der Waals surface area contributed by atoms with E-state index in [2.05, 4.69) is 31.9 Å². The molecule has 1 heterocycles. The van der Waals surface area contributed by atoms with Crippen LogP contribution in [0.2, 0.25) is 0 Å². The third kappa shape index (κ3) is 2.78. The lowest BCUT2D eigenvalue weighted by atomic mass is 10.00. The Hall–Kier alpha value is -0.230. The Kier molecular flexibility index (Phi) is 4.02. The molecule has 90 valence electrons. The molecule has 0 saturated heterocycles. The monoisotopic (exact) mass is 377 g/mol. The average molecular weight is 379 g/mol. The first-order valence-electron chi connectivity index (χ1n) is 4.95. The van der Waals surface area contributed by atoms with Crippen LogP contribution >= 0.6 is 43.2 Å². The van der Waals surface area contributed by atoms with Gasteiger partial charge in [0.2, 0.25) is 0 Å². The Morgan fingerprint density at radius 2 is 1.94 bits per heavy atom. The maximum Gasteiger partial charge on any atom is 0.128 e. The summed E-state index contributed by atoms with van der Waals surface area (Å²) in [6.07, 6.45) is 0. The van der Waals surface area contributed by atoms with E-state index in [0.717, 1.165) is 18.7 Å². The predicted octanol–water partition coefficient (Wildman–Crippen LogP) is 4.77. The summed E-state index contributed by atoms with van der Waals surface area (Å²) in [6.45, 7) is 1.99. The van der Waals surface area contributed by atoms with E-state index in [1.165, 1.54) is 6.07 Å². The van der Waals surface area contributed by atoms with Gasteiger partial charge < -0.3 is 5.73 Å². The first-order valence-corrected chi connectivity index (χ1v) is 7.35. The van der Waals surface area contributed by atoms with E-state index in [-0.39, 0.29) is 5.82 Å². The molecule has 0 aliphatic rings. The van der Waals surface area contributed by atoms with E-state index in [4.69, 9.17) is 5.73 Å². The highest BCUT2D eigenvalue weighted by molar-refractivity contribution is 9.11. The zero-order valence-electron chi connectivity index (χ0n) is 9.01. The van der Waals surface area contributed by atoms with Crippen molar-refractivity contribution in [1.82, 2.24) is 0 Å². The predicted molar refractivity (Wildman–Crippen MR) is 76.9 cm³/mol. The van der Waals surface area contributed by atoms with Gasteiger partial charge in [-0.15, -0.1) is 11.3 Å². The van der Waals surface area contributed by atoms with Gasteiger partial charge in [-0.05, 0) is 52.7 Å². The summed E-state index contributed by atoms with van der Waals surface area (Å²) < 4.78 is 15.6. The van der Waals surface area contributed by atoms with Crippen LogP contribution in [0.5, 0.6) is 0 Å². The van der Waals surface area contributed by atoms with Gasteiger partial charge in [-0.25, -0.2) is 4.39 Å². The average Bonchev–Trinajstić information content (AvgIpc) is 2.60. The third-order valence-corrected chi connectivity index (χ3v) is 4.62. The molecule has 0 aliphatic carbocycles.